The third-order valence-corrected chi connectivity index (χ3v) is 19.5. The van der Waals surface area contributed by atoms with Gasteiger partial charge in [0.2, 0.25) is 23.6 Å². The number of aliphatic carboxylic acids is 2. The lowest BCUT2D eigenvalue weighted by atomic mass is 9.86. The summed E-state index contributed by atoms with van der Waals surface area (Å²) in [5, 5.41) is 19.3. The first kappa shape index (κ1) is 80.4. The van der Waals surface area contributed by atoms with E-state index in [2.05, 4.69) is 12.6 Å². The Labute approximate surface area is 569 Å². The number of esters is 1. The van der Waals surface area contributed by atoms with Gasteiger partial charge >= 0.3 is 17.9 Å². The van der Waals surface area contributed by atoms with Crippen molar-refractivity contribution in [3.8, 4) is 0 Å². The number of hydrogen-bond donors (Lipinski definition) is 4. The molecule has 4 aliphatic rings. The lowest BCUT2D eigenvalue weighted by molar-refractivity contribution is -0.150. The molecule has 0 aliphatic carbocycles. The highest BCUT2D eigenvalue weighted by Gasteiger charge is 2.40. The maximum atomic E-state index is 13.2. The van der Waals surface area contributed by atoms with Gasteiger partial charge in [0, 0.05) is 55.6 Å². The molecule has 11 atom stereocenters. The highest BCUT2D eigenvalue weighted by molar-refractivity contribution is 7.80. The molecule has 3 aromatic carbocycles. The number of carboxylic acids is 2. The summed E-state index contributed by atoms with van der Waals surface area (Å²) < 4.78 is 5.24. The highest BCUT2D eigenvalue weighted by Crippen LogP contribution is 2.31. The zero-order chi connectivity index (χ0) is 70.1. The summed E-state index contributed by atoms with van der Waals surface area (Å²) in [5.74, 6) is -3.99. The van der Waals surface area contributed by atoms with Gasteiger partial charge in [0.05, 0.1) is 48.5 Å². The molecule has 4 aliphatic heterocycles. The number of nitrogens with zero attached hydrogens (tertiary/aromatic N) is 4. The highest BCUT2D eigenvalue weighted by atomic mass is 32.1. The van der Waals surface area contributed by atoms with E-state index in [1.165, 1.54) is 19.4 Å². The molecule has 4 saturated heterocycles. The van der Waals surface area contributed by atoms with Crippen molar-refractivity contribution in [2.45, 2.75) is 208 Å². The molecule has 4 fully saturated rings. The average Bonchev–Trinajstić information content (AvgIpc) is 1.82. The van der Waals surface area contributed by atoms with E-state index in [9.17, 15) is 63.0 Å². The lowest BCUT2D eigenvalue weighted by Crippen LogP contribution is -2.43. The predicted molar refractivity (Wildman–Crippen MR) is 370 cm³/mol. The van der Waals surface area contributed by atoms with Gasteiger partial charge in [0.15, 0.2) is 23.1 Å². The summed E-state index contributed by atoms with van der Waals surface area (Å²) in [6.07, 6.45) is 13.5. The van der Waals surface area contributed by atoms with Crippen LogP contribution in [0.15, 0.2) is 91.0 Å². The summed E-state index contributed by atoms with van der Waals surface area (Å²) in [6, 6.07) is 28.4. The van der Waals surface area contributed by atoms with Gasteiger partial charge in [-0.3, -0.25) is 52.7 Å². The van der Waals surface area contributed by atoms with Gasteiger partial charge in [-0.25, -0.2) is 0 Å². The summed E-state index contributed by atoms with van der Waals surface area (Å²) >= 11 is 4.10. The zero-order valence-electron chi connectivity index (χ0n) is 57.7. The normalized spacial score (nSPS) is 19.6. The summed E-state index contributed by atoms with van der Waals surface area (Å²) in [4.78, 5) is 140. The van der Waals surface area contributed by atoms with Crippen LogP contribution in [-0.4, -0.2) is 164 Å². The molecule has 4 amide bonds. The maximum Gasteiger partial charge on any atom is 0.308 e. The average molecular weight is 1340 g/mol. The number of Topliss-reactive ketones (excluding diaryl/α,β-unsaturated/α-hetero) is 4. The van der Waals surface area contributed by atoms with Gasteiger partial charge in [-0.15, -0.1) is 0 Å². The molecule has 0 aromatic heterocycles. The fraction of sp³-hybridized carbons (Fsp3) is 0.613. The van der Waals surface area contributed by atoms with Gasteiger partial charge < -0.3 is 40.3 Å². The van der Waals surface area contributed by atoms with Crippen LogP contribution in [0.4, 0.5) is 0 Å². The van der Waals surface area contributed by atoms with E-state index in [0.29, 0.717) is 109 Å². The van der Waals surface area contributed by atoms with Crippen molar-refractivity contribution in [3.63, 3.8) is 0 Å². The Morgan fingerprint density at radius 2 is 0.768 bits per heavy atom. The van der Waals surface area contributed by atoms with Gasteiger partial charge in [-0.2, -0.15) is 12.6 Å². The summed E-state index contributed by atoms with van der Waals surface area (Å²) in [6.45, 7) is 16.8. The first-order valence-corrected chi connectivity index (χ1v) is 35.3. The maximum absolute atomic E-state index is 13.2. The van der Waals surface area contributed by atoms with Crippen molar-refractivity contribution in [1.29, 1.82) is 0 Å². The van der Waals surface area contributed by atoms with E-state index in [4.69, 9.17) is 10.5 Å². The molecule has 11 unspecified atom stereocenters. The second kappa shape index (κ2) is 42.5. The summed E-state index contributed by atoms with van der Waals surface area (Å²) in [7, 11) is 0. The molecule has 95 heavy (non-hydrogen) atoms. The number of rotatable bonds is 32. The van der Waals surface area contributed by atoms with Gasteiger partial charge in [-0.1, -0.05) is 118 Å². The molecule has 524 valence electrons. The Kier molecular flexibility index (Phi) is 35.9. The number of ether oxygens (including phenoxy) is 1. The number of carbonyl (C=O) groups excluding carboxylic acids is 9. The van der Waals surface area contributed by atoms with Crippen LogP contribution in [0.25, 0.3) is 0 Å². The number of amides is 4. The van der Waals surface area contributed by atoms with Crippen LogP contribution < -0.4 is 5.73 Å². The van der Waals surface area contributed by atoms with E-state index in [-0.39, 0.29) is 101 Å². The van der Waals surface area contributed by atoms with Crippen LogP contribution in [0.5, 0.6) is 0 Å². The van der Waals surface area contributed by atoms with Gasteiger partial charge in [0.1, 0.15) is 0 Å². The van der Waals surface area contributed by atoms with Crippen LogP contribution in [0.1, 0.15) is 181 Å². The molecule has 7 rings (SSSR count). The number of hydrogen-bond acceptors (Lipinski definition) is 14. The van der Waals surface area contributed by atoms with Crippen molar-refractivity contribution in [3.05, 3.63) is 108 Å². The fourth-order valence-electron chi connectivity index (χ4n) is 13.5. The van der Waals surface area contributed by atoms with Crippen LogP contribution in [0.2, 0.25) is 0 Å². The number of nitrogens with two attached hydrogens (primary N) is 1. The predicted octanol–water partition coefficient (Wildman–Crippen LogP) is 10.5. The Balaban J connectivity index is 0.000000276. The molecular formula is C75H109N5O14S. The smallest absolute Gasteiger partial charge is 0.308 e. The zero-order valence-corrected chi connectivity index (χ0v) is 58.6. The Hall–Kier alpha value is -7.06. The van der Waals surface area contributed by atoms with E-state index in [1.54, 1.807) is 47.3 Å². The standard InChI is InChI=1S/C23H34N2O4.C22H31NO4.C20H27NO4.C10H17NO2S/c1-17(26)21-11-7-15-25(21)22(27)19(10-5-6-14-24)16-20(23(28)29)13-12-18-8-3-2-4-9-18;1-4-27-22(26)19(13-12-18-9-6-5-7-10-18)15-16(2)21(25)23-14-8-11-20(23)17(3)24;1-14(19(23)21-12-6-9-18(21)15(2)22)13-17(20(24)25)11-10-16-7-4-3-5-8-16;1-7(6-14)10(13)11-5-3-4-9(11)8(2)12/h2-4,8-9,19-21H,5-7,10-16,24H2,1H3,(H,28,29);5-7,9-10,16,19-20H,4,8,11-15H2,1-3H3;3-5,7-8,14,17-18H,6,9-13H2,1-2H3,(H,24,25);7,9,14H,3-6H2,1-2H3. The van der Waals surface area contributed by atoms with Crippen molar-refractivity contribution in [2.24, 2.45) is 47.2 Å². The van der Waals surface area contributed by atoms with E-state index >= 15 is 0 Å². The second-order valence-corrected chi connectivity index (χ2v) is 26.7. The van der Waals surface area contributed by atoms with Gasteiger partial charge in [0.25, 0.3) is 0 Å². The van der Waals surface area contributed by atoms with Crippen LogP contribution in [0, 0.1) is 41.4 Å². The quantitative estimate of drug-likeness (QED) is 0.0257. The Morgan fingerprint density at radius 1 is 0.453 bits per heavy atom. The largest absolute Gasteiger partial charge is 0.481 e. The van der Waals surface area contributed by atoms with Crippen molar-refractivity contribution in [2.75, 3.05) is 45.1 Å². The van der Waals surface area contributed by atoms with Crippen molar-refractivity contribution in [1.82, 2.24) is 19.6 Å². The molecule has 0 radical (unpaired) electrons. The molecule has 0 bridgehead atoms. The monoisotopic (exact) mass is 1340 g/mol. The molecule has 0 saturated carbocycles. The van der Waals surface area contributed by atoms with Gasteiger partial charge in [-0.05, 0) is 180 Å². The third kappa shape index (κ3) is 26.5. The number of likely N-dealkylation sites (tertiary alicyclic amines) is 4. The number of carboxylic acid groups (broad SMARTS) is 2. The molecule has 20 heteroatoms. The number of aryl methyl sites for hydroxylation is 3. The number of carbonyl (C=O) groups is 11. The first-order chi connectivity index (χ1) is 45.3. The molecule has 3 aromatic rings. The molecule has 0 spiro atoms. The number of unbranched alkanes of at least 4 members (excludes halogenated alkanes) is 1. The second-order valence-electron chi connectivity index (χ2n) is 26.4. The SMILES string of the molecule is CC(=O)C1CCCN1C(=O)C(C)CC(CCc1ccccc1)C(=O)O.CC(=O)C1CCCN1C(=O)C(C)CS.CC(=O)C1CCCN1C(=O)C(CCCCN)CC(CCc1ccccc1)C(=O)O.CCOC(=O)C(CCc1ccccc1)CC(C)C(=O)N1CCCC1C(C)=O. The molecule has 4 N–H and O–H groups in total. The van der Waals surface area contributed by atoms with E-state index in [0.717, 1.165) is 75.5 Å². The van der Waals surface area contributed by atoms with Crippen LogP contribution in [0.3, 0.4) is 0 Å². The number of thiol groups is 1. The molecule has 4 heterocycles. The minimum absolute atomic E-state index is 0.00965. The summed E-state index contributed by atoms with van der Waals surface area (Å²) in [5.41, 5.74) is 8.97. The van der Waals surface area contributed by atoms with Crippen LogP contribution in [-0.2, 0) is 76.7 Å². The van der Waals surface area contributed by atoms with Crippen molar-refractivity contribution >= 4 is 77.3 Å². The number of ketones is 4. The Morgan fingerprint density at radius 3 is 1.08 bits per heavy atom. The van der Waals surface area contributed by atoms with E-state index < -0.39 is 29.7 Å². The van der Waals surface area contributed by atoms with Crippen molar-refractivity contribution < 1.29 is 67.7 Å². The molecule has 19 nitrogen and oxygen atoms in total. The first-order valence-electron chi connectivity index (χ1n) is 34.6. The molecular weight excluding hydrogens is 1230 g/mol. The Bertz CT molecular complexity index is 2930. The van der Waals surface area contributed by atoms with Crippen LogP contribution >= 0.6 is 12.6 Å². The van der Waals surface area contributed by atoms with E-state index in [1.807, 2.05) is 105 Å². The minimum atomic E-state index is -0.861. The lowest BCUT2D eigenvalue weighted by Gasteiger charge is -2.29. The third-order valence-electron chi connectivity index (χ3n) is 19.0. The fourth-order valence-corrected chi connectivity index (χ4v) is 13.6. The number of benzene rings is 3. The minimum Gasteiger partial charge on any atom is -0.481 e. The topological polar surface area (TPSA) is 276 Å².